The molecule has 1 amide bonds. The third kappa shape index (κ3) is 4.19. The summed E-state index contributed by atoms with van der Waals surface area (Å²) in [6.45, 7) is 5.04. The van der Waals surface area contributed by atoms with Gasteiger partial charge >= 0.3 is 0 Å². The van der Waals surface area contributed by atoms with E-state index in [1.165, 1.54) is 34.6 Å². The van der Waals surface area contributed by atoms with Gasteiger partial charge in [0.05, 0.1) is 4.90 Å². The molecule has 3 aromatic rings. The number of hydrogen-bond acceptors (Lipinski definition) is 4. The number of carbonyl (C=O) groups is 1. The summed E-state index contributed by atoms with van der Waals surface area (Å²) in [7, 11) is -3.63. The van der Waals surface area contributed by atoms with Crippen LogP contribution in [0.1, 0.15) is 38.3 Å². The number of nitrogens with zero attached hydrogens (tertiary/aromatic N) is 1. The van der Waals surface area contributed by atoms with Crippen molar-refractivity contribution in [3.05, 3.63) is 81.0 Å². The SMILES string of the molecule is Cc1cc(C)c2c(c1)N(C(=O)c1ccc(S(=O)(=O)NCc3cccs3)cc1)CCC2. The van der Waals surface area contributed by atoms with E-state index in [0.29, 0.717) is 12.1 Å². The lowest BCUT2D eigenvalue weighted by atomic mass is 9.94. The van der Waals surface area contributed by atoms with Gasteiger partial charge in [0, 0.05) is 29.2 Å². The highest BCUT2D eigenvalue weighted by atomic mass is 32.2. The summed E-state index contributed by atoms with van der Waals surface area (Å²) in [6, 6.07) is 14.2. The summed E-state index contributed by atoms with van der Waals surface area (Å²) in [6.07, 6.45) is 1.89. The van der Waals surface area contributed by atoms with Crippen LogP contribution in [0.5, 0.6) is 0 Å². The van der Waals surface area contributed by atoms with Gasteiger partial charge in [0.1, 0.15) is 0 Å². The Balaban J connectivity index is 1.54. The van der Waals surface area contributed by atoms with Crippen molar-refractivity contribution in [2.45, 2.75) is 38.1 Å². The molecular formula is C23H24N2O3S2. The summed E-state index contributed by atoms with van der Waals surface area (Å²) < 4.78 is 27.7. The first kappa shape index (κ1) is 20.8. The van der Waals surface area contributed by atoms with E-state index >= 15 is 0 Å². The van der Waals surface area contributed by atoms with Gasteiger partial charge in [-0.1, -0.05) is 12.1 Å². The van der Waals surface area contributed by atoms with Gasteiger partial charge in [0.25, 0.3) is 5.91 Å². The Morgan fingerprint density at radius 3 is 2.60 bits per heavy atom. The maximum atomic E-state index is 13.2. The molecule has 7 heteroatoms. The molecule has 30 heavy (non-hydrogen) atoms. The number of nitrogens with one attached hydrogen (secondary N) is 1. The Morgan fingerprint density at radius 1 is 1.13 bits per heavy atom. The number of fused-ring (bicyclic) bond motifs is 1. The zero-order valence-corrected chi connectivity index (χ0v) is 18.6. The summed E-state index contributed by atoms with van der Waals surface area (Å²) in [5.74, 6) is -0.101. The van der Waals surface area contributed by atoms with Crippen LogP contribution in [0, 0.1) is 13.8 Å². The predicted octanol–water partition coefficient (Wildman–Crippen LogP) is 4.44. The minimum Gasteiger partial charge on any atom is -0.308 e. The van der Waals surface area contributed by atoms with Crippen LogP contribution in [-0.2, 0) is 23.0 Å². The monoisotopic (exact) mass is 440 g/mol. The lowest BCUT2D eigenvalue weighted by Crippen LogP contribution is -2.36. The highest BCUT2D eigenvalue weighted by molar-refractivity contribution is 7.89. The maximum absolute atomic E-state index is 13.2. The minimum absolute atomic E-state index is 0.101. The van der Waals surface area contributed by atoms with Crippen LogP contribution in [0.15, 0.2) is 58.8 Å². The summed E-state index contributed by atoms with van der Waals surface area (Å²) in [5.41, 5.74) is 5.01. The van der Waals surface area contributed by atoms with Crippen molar-refractivity contribution in [3.63, 3.8) is 0 Å². The average molecular weight is 441 g/mol. The zero-order chi connectivity index (χ0) is 21.3. The molecule has 0 saturated heterocycles. The summed E-state index contributed by atoms with van der Waals surface area (Å²) in [5, 5.41) is 1.91. The lowest BCUT2D eigenvalue weighted by Gasteiger charge is -2.31. The average Bonchev–Trinajstić information content (AvgIpc) is 3.25. The number of thiophene rings is 1. The molecule has 0 saturated carbocycles. The number of anilines is 1. The van der Waals surface area contributed by atoms with E-state index in [1.807, 2.05) is 29.3 Å². The van der Waals surface area contributed by atoms with Crippen molar-refractivity contribution in [3.8, 4) is 0 Å². The highest BCUT2D eigenvalue weighted by Crippen LogP contribution is 2.32. The molecule has 0 unspecified atom stereocenters. The van der Waals surface area contributed by atoms with E-state index in [-0.39, 0.29) is 17.3 Å². The van der Waals surface area contributed by atoms with E-state index in [1.54, 1.807) is 12.1 Å². The van der Waals surface area contributed by atoms with Crippen molar-refractivity contribution in [2.75, 3.05) is 11.4 Å². The van der Waals surface area contributed by atoms with Gasteiger partial charge in [-0.3, -0.25) is 4.79 Å². The Morgan fingerprint density at radius 2 is 1.90 bits per heavy atom. The molecule has 1 aliphatic heterocycles. The minimum atomic E-state index is -3.63. The molecule has 0 radical (unpaired) electrons. The first-order valence-corrected chi connectivity index (χ1v) is 12.3. The third-order valence-corrected chi connectivity index (χ3v) is 7.66. The highest BCUT2D eigenvalue weighted by Gasteiger charge is 2.25. The number of amides is 1. The van der Waals surface area contributed by atoms with Crippen molar-refractivity contribution >= 4 is 33.0 Å². The number of benzene rings is 2. The fraction of sp³-hybridized carbons (Fsp3) is 0.261. The van der Waals surface area contributed by atoms with Crippen LogP contribution in [0.2, 0.25) is 0 Å². The molecule has 1 aromatic heterocycles. The molecule has 4 rings (SSSR count). The molecular weight excluding hydrogens is 416 g/mol. The quantitative estimate of drug-likeness (QED) is 0.638. The van der Waals surface area contributed by atoms with Crippen molar-refractivity contribution in [1.29, 1.82) is 0 Å². The zero-order valence-electron chi connectivity index (χ0n) is 17.0. The molecule has 0 spiro atoms. The number of aryl methyl sites for hydroxylation is 2. The molecule has 2 aromatic carbocycles. The standard InChI is InChI=1S/C23H24N2O3S2/c1-16-13-17(2)21-6-3-11-25(22(21)14-16)23(26)18-7-9-20(10-8-18)30(27,28)24-15-19-5-4-12-29-19/h4-5,7-10,12-14,24H,3,6,11,15H2,1-2H3. The van der Waals surface area contributed by atoms with Crippen LogP contribution >= 0.6 is 11.3 Å². The molecule has 1 aliphatic rings. The molecule has 5 nitrogen and oxygen atoms in total. The molecule has 2 heterocycles. The normalized spacial score (nSPS) is 13.9. The topological polar surface area (TPSA) is 66.5 Å². The van der Waals surface area contributed by atoms with Crippen LogP contribution in [0.3, 0.4) is 0 Å². The Bertz CT molecular complexity index is 1170. The molecule has 0 fully saturated rings. The summed E-state index contributed by atoms with van der Waals surface area (Å²) >= 11 is 1.50. The number of rotatable bonds is 5. The molecule has 0 atom stereocenters. The first-order valence-electron chi connectivity index (χ1n) is 9.89. The van der Waals surface area contributed by atoms with Gasteiger partial charge in [-0.2, -0.15) is 0 Å². The molecule has 0 aliphatic carbocycles. The van der Waals surface area contributed by atoms with Gasteiger partial charge in [0.2, 0.25) is 10.0 Å². The van der Waals surface area contributed by atoms with Crippen molar-refractivity contribution < 1.29 is 13.2 Å². The van der Waals surface area contributed by atoms with Gasteiger partial charge < -0.3 is 4.90 Å². The number of sulfonamides is 1. The summed E-state index contributed by atoms with van der Waals surface area (Å²) in [4.78, 5) is 16.1. The van der Waals surface area contributed by atoms with E-state index in [4.69, 9.17) is 0 Å². The Hall–Kier alpha value is -2.48. The van der Waals surface area contributed by atoms with Gasteiger partial charge in [0.15, 0.2) is 0 Å². The Labute approximate surface area is 181 Å². The smallest absolute Gasteiger partial charge is 0.258 e. The lowest BCUT2D eigenvalue weighted by molar-refractivity contribution is 0.0985. The fourth-order valence-electron chi connectivity index (χ4n) is 3.88. The van der Waals surface area contributed by atoms with Crippen molar-refractivity contribution in [2.24, 2.45) is 0 Å². The second kappa shape index (κ2) is 8.34. The first-order chi connectivity index (χ1) is 14.3. The predicted molar refractivity (Wildman–Crippen MR) is 121 cm³/mol. The van der Waals surface area contributed by atoms with Crippen LogP contribution in [0.25, 0.3) is 0 Å². The number of hydrogen-bond donors (Lipinski definition) is 1. The second-order valence-electron chi connectivity index (χ2n) is 7.57. The second-order valence-corrected chi connectivity index (χ2v) is 10.4. The van der Waals surface area contributed by atoms with Gasteiger partial charge in [-0.25, -0.2) is 13.1 Å². The van der Waals surface area contributed by atoms with E-state index in [9.17, 15) is 13.2 Å². The van der Waals surface area contributed by atoms with E-state index in [2.05, 4.69) is 23.8 Å². The van der Waals surface area contributed by atoms with E-state index < -0.39 is 10.0 Å². The van der Waals surface area contributed by atoms with Crippen LogP contribution < -0.4 is 9.62 Å². The number of carbonyl (C=O) groups excluding carboxylic acids is 1. The van der Waals surface area contributed by atoms with Gasteiger partial charge in [-0.15, -0.1) is 11.3 Å². The van der Waals surface area contributed by atoms with Crippen LogP contribution in [-0.4, -0.2) is 20.9 Å². The van der Waals surface area contributed by atoms with Gasteiger partial charge in [-0.05, 0) is 85.2 Å². The third-order valence-electron chi connectivity index (χ3n) is 5.37. The largest absolute Gasteiger partial charge is 0.308 e. The fourth-order valence-corrected chi connectivity index (χ4v) is 5.62. The molecule has 1 N–H and O–H groups in total. The maximum Gasteiger partial charge on any atom is 0.258 e. The van der Waals surface area contributed by atoms with Crippen LogP contribution in [0.4, 0.5) is 5.69 Å². The van der Waals surface area contributed by atoms with E-state index in [0.717, 1.165) is 29.0 Å². The van der Waals surface area contributed by atoms with Crippen molar-refractivity contribution in [1.82, 2.24) is 4.72 Å². The molecule has 0 bridgehead atoms. The Kier molecular flexibility index (Phi) is 5.77. The molecule has 156 valence electrons.